The van der Waals surface area contributed by atoms with E-state index in [2.05, 4.69) is 121 Å². The number of aromatic nitrogens is 5. The Balaban J connectivity index is 0.824. The summed E-state index contributed by atoms with van der Waals surface area (Å²) in [5, 5.41) is 11.5. The SMILES string of the molecule is CCCC(CCCC(=O)c1ccc(C2CCN(C/C(C)=C/c3c(-c4ccc5[nH]ncc5c4)ccnc3C)CC2)cc1)CN1CCN(c2ccnc(NC(C=O)CCCONC)n2)CC1. The lowest BCUT2D eigenvalue weighted by atomic mass is 9.88. The molecule has 0 bridgehead atoms. The summed E-state index contributed by atoms with van der Waals surface area (Å²) in [6.07, 6.45) is 17.3. The summed E-state index contributed by atoms with van der Waals surface area (Å²) in [5.74, 6) is 2.69. The number of ketones is 1. The summed E-state index contributed by atoms with van der Waals surface area (Å²) in [4.78, 5) is 51.4. The first kappa shape index (κ1) is 46.6. The van der Waals surface area contributed by atoms with Crippen molar-refractivity contribution < 1.29 is 14.4 Å². The fraction of sp³-hybridized carbons (Fsp3) is 0.490. The Labute approximate surface area is 379 Å². The second-order valence-electron chi connectivity index (χ2n) is 17.8. The van der Waals surface area contributed by atoms with Crippen LogP contribution in [0.3, 0.4) is 0 Å². The summed E-state index contributed by atoms with van der Waals surface area (Å²) >= 11 is 0. The van der Waals surface area contributed by atoms with Gasteiger partial charge in [0.2, 0.25) is 5.95 Å². The lowest BCUT2D eigenvalue weighted by Gasteiger charge is -2.37. The highest BCUT2D eigenvalue weighted by Crippen LogP contribution is 2.32. The molecular weight excluding hydrogens is 801 g/mol. The number of piperidine rings is 1. The molecule has 2 aromatic carbocycles. The van der Waals surface area contributed by atoms with Gasteiger partial charge in [0.1, 0.15) is 12.1 Å². The van der Waals surface area contributed by atoms with Gasteiger partial charge in [-0.1, -0.05) is 55.3 Å². The number of carbonyl (C=O) groups excluding carboxylic acids is 2. The van der Waals surface area contributed by atoms with Crippen LogP contribution >= 0.6 is 0 Å². The number of nitrogens with zero attached hydrogens (tertiary/aromatic N) is 7. The third-order valence-corrected chi connectivity index (χ3v) is 13.0. The van der Waals surface area contributed by atoms with E-state index in [1.54, 1.807) is 13.2 Å². The number of aldehydes is 1. The minimum absolute atomic E-state index is 0.252. The smallest absolute Gasteiger partial charge is 0.225 e. The normalized spacial score (nSPS) is 16.6. The average Bonchev–Trinajstić information content (AvgIpc) is 3.80. The number of likely N-dealkylation sites (tertiary alicyclic amines) is 1. The quantitative estimate of drug-likeness (QED) is 0.0251. The molecule has 13 heteroatoms. The van der Waals surface area contributed by atoms with Crippen molar-refractivity contribution in [2.45, 2.75) is 90.5 Å². The molecule has 2 unspecified atom stereocenters. The van der Waals surface area contributed by atoms with Crippen LogP contribution in [0.25, 0.3) is 28.1 Å². The number of fused-ring (bicyclic) bond motifs is 1. The van der Waals surface area contributed by atoms with E-state index in [0.29, 0.717) is 37.2 Å². The van der Waals surface area contributed by atoms with Crippen molar-refractivity contribution in [3.05, 3.63) is 101 Å². The number of pyridine rings is 1. The molecule has 5 aromatic rings. The van der Waals surface area contributed by atoms with Gasteiger partial charge in [-0.25, -0.2) is 10.5 Å². The number of hydrogen-bond donors (Lipinski definition) is 3. The average molecular weight is 869 g/mol. The highest BCUT2D eigenvalue weighted by Gasteiger charge is 2.24. The van der Waals surface area contributed by atoms with Crippen molar-refractivity contribution in [3.8, 4) is 11.1 Å². The first-order valence-corrected chi connectivity index (χ1v) is 23.5. The molecular formula is C51H68N10O3. The number of nitrogens with one attached hydrogen (secondary N) is 3. The summed E-state index contributed by atoms with van der Waals surface area (Å²) < 4.78 is 0. The number of aryl methyl sites for hydroxylation is 1. The van der Waals surface area contributed by atoms with Gasteiger partial charge in [-0.3, -0.25) is 24.7 Å². The van der Waals surface area contributed by atoms with Crippen LogP contribution in [-0.4, -0.2) is 119 Å². The Kier molecular flexibility index (Phi) is 17.2. The third kappa shape index (κ3) is 12.9. The zero-order chi connectivity index (χ0) is 44.7. The van der Waals surface area contributed by atoms with Crippen LogP contribution in [0.15, 0.2) is 78.8 Å². The number of H-pyrrole nitrogens is 1. The maximum atomic E-state index is 13.4. The van der Waals surface area contributed by atoms with Crippen LogP contribution in [0.5, 0.6) is 0 Å². The second-order valence-corrected chi connectivity index (χ2v) is 17.8. The highest BCUT2D eigenvalue weighted by atomic mass is 16.6. The minimum Gasteiger partial charge on any atom is -0.354 e. The van der Waals surface area contributed by atoms with Crippen LogP contribution in [0.1, 0.15) is 105 Å². The van der Waals surface area contributed by atoms with Crippen molar-refractivity contribution in [1.82, 2.24) is 40.4 Å². The number of hydrogen-bond acceptors (Lipinski definition) is 12. The van der Waals surface area contributed by atoms with Gasteiger partial charge in [0, 0.05) is 87.3 Å². The van der Waals surface area contributed by atoms with E-state index in [0.717, 1.165) is 125 Å². The van der Waals surface area contributed by atoms with Crippen molar-refractivity contribution in [2.24, 2.45) is 5.92 Å². The Morgan fingerprint density at radius 2 is 1.73 bits per heavy atom. The number of rotatable bonds is 23. The molecule has 0 radical (unpaired) electrons. The molecule has 13 nitrogen and oxygen atoms in total. The Morgan fingerprint density at radius 1 is 0.938 bits per heavy atom. The van der Waals surface area contributed by atoms with E-state index in [1.165, 1.54) is 34.2 Å². The predicted octanol–water partition coefficient (Wildman–Crippen LogP) is 8.51. The molecule has 3 aromatic heterocycles. The summed E-state index contributed by atoms with van der Waals surface area (Å²) in [7, 11) is 1.72. The molecule has 7 rings (SSSR count). The predicted molar refractivity (Wildman–Crippen MR) is 258 cm³/mol. The van der Waals surface area contributed by atoms with Crippen LogP contribution in [0, 0.1) is 12.8 Å². The van der Waals surface area contributed by atoms with E-state index in [4.69, 9.17) is 9.82 Å². The molecule has 2 fully saturated rings. The van der Waals surface area contributed by atoms with Gasteiger partial charge < -0.3 is 19.8 Å². The fourth-order valence-electron chi connectivity index (χ4n) is 9.50. The van der Waals surface area contributed by atoms with Crippen molar-refractivity contribution in [2.75, 3.05) is 76.2 Å². The van der Waals surface area contributed by atoms with Crippen molar-refractivity contribution >= 4 is 40.8 Å². The molecule has 340 valence electrons. The zero-order valence-electron chi connectivity index (χ0n) is 38.4. The number of carbonyl (C=O) groups is 2. The molecule has 2 atom stereocenters. The Morgan fingerprint density at radius 3 is 2.50 bits per heavy atom. The molecule has 0 amide bonds. The number of Topliss-reactive ketones (excluding diaryl/α,β-unsaturated/α-hetero) is 1. The summed E-state index contributed by atoms with van der Waals surface area (Å²) in [6, 6.07) is 18.7. The van der Waals surface area contributed by atoms with E-state index < -0.39 is 0 Å². The molecule has 3 N–H and O–H groups in total. The van der Waals surface area contributed by atoms with Crippen LogP contribution in [-0.2, 0) is 9.63 Å². The number of piperazine rings is 1. The minimum atomic E-state index is -0.363. The van der Waals surface area contributed by atoms with E-state index in [1.807, 2.05) is 18.5 Å². The standard InChI is InChI=1S/C51H68N10O3/c1-5-8-39(35-60-26-28-61(29-27-60)50-19-23-54-51(57-50)56-45(36-62)10-7-30-64-52-4)9-6-11-49(63)42-14-12-40(13-15-42)41-20-24-59(25-21-41)34-37(2)31-47-38(3)53-22-18-46(47)43-16-17-48-44(32-43)33-55-58-48/h12-19,22-23,31-33,36,39,41,45,52H,5-11,20-21,24-30,34-35H2,1-4H3,(H,55,58)(H,54,56,57)/b37-31+. The highest BCUT2D eigenvalue weighted by molar-refractivity contribution is 5.96. The molecule has 64 heavy (non-hydrogen) atoms. The molecule has 0 saturated carbocycles. The van der Waals surface area contributed by atoms with Crippen LogP contribution in [0.4, 0.5) is 11.8 Å². The zero-order valence-corrected chi connectivity index (χ0v) is 38.4. The van der Waals surface area contributed by atoms with E-state index in [-0.39, 0.29) is 11.8 Å². The maximum absolute atomic E-state index is 13.4. The van der Waals surface area contributed by atoms with Crippen LogP contribution < -0.4 is 15.7 Å². The Bertz CT molecular complexity index is 2280. The number of benzene rings is 2. The lowest BCUT2D eigenvalue weighted by Crippen LogP contribution is -2.48. The topological polar surface area (TPSA) is 144 Å². The van der Waals surface area contributed by atoms with Crippen molar-refractivity contribution in [3.63, 3.8) is 0 Å². The molecule has 2 aliphatic heterocycles. The molecule has 0 spiro atoms. The van der Waals surface area contributed by atoms with Gasteiger partial charge in [0.25, 0.3) is 0 Å². The number of aromatic amines is 1. The van der Waals surface area contributed by atoms with Gasteiger partial charge in [0.05, 0.1) is 24.4 Å². The van der Waals surface area contributed by atoms with Gasteiger partial charge in [-0.2, -0.15) is 10.1 Å². The second kappa shape index (κ2) is 23.5. The maximum Gasteiger partial charge on any atom is 0.225 e. The molecule has 2 aliphatic rings. The third-order valence-electron chi connectivity index (χ3n) is 13.0. The first-order chi connectivity index (χ1) is 31.3. The molecule has 2 saturated heterocycles. The van der Waals surface area contributed by atoms with Gasteiger partial charge in [0.15, 0.2) is 5.78 Å². The summed E-state index contributed by atoms with van der Waals surface area (Å²) in [6.45, 7) is 14.9. The lowest BCUT2D eigenvalue weighted by molar-refractivity contribution is -0.108. The fourth-order valence-corrected chi connectivity index (χ4v) is 9.50. The molecule has 5 heterocycles. The number of anilines is 2. The Hall–Kier alpha value is -5.34. The van der Waals surface area contributed by atoms with Gasteiger partial charge in [-0.05, 0) is 125 Å². The van der Waals surface area contributed by atoms with Gasteiger partial charge >= 0.3 is 0 Å². The summed E-state index contributed by atoms with van der Waals surface area (Å²) in [5.41, 5.74) is 11.8. The largest absolute Gasteiger partial charge is 0.354 e. The van der Waals surface area contributed by atoms with Gasteiger partial charge in [-0.15, -0.1) is 0 Å². The monoisotopic (exact) mass is 869 g/mol. The van der Waals surface area contributed by atoms with E-state index in [9.17, 15) is 9.59 Å². The first-order valence-electron chi connectivity index (χ1n) is 23.5. The molecule has 0 aliphatic carbocycles. The van der Waals surface area contributed by atoms with Crippen molar-refractivity contribution in [1.29, 1.82) is 0 Å². The van der Waals surface area contributed by atoms with Crippen LogP contribution in [0.2, 0.25) is 0 Å². The van der Waals surface area contributed by atoms with E-state index >= 15 is 0 Å². The number of hydroxylamine groups is 1.